The molecule has 0 N–H and O–H groups in total. The van der Waals surface area contributed by atoms with Crippen LogP contribution in [0.1, 0.15) is 12.5 Å². The van der Waals surface area contributed by atoms with Crippen molar-refractivity contribution in [2.45, 2.75) is 23.6 Å². The van der Waals surface area contributed by atoms with E-state index in [2.05, 4.69) is 67.8 Å². The van der Waals surface area contributed by atoms with Gasteiger partial charge in [0.25, 0.3) is 0 Å². The van der Waals surface area contributed by atoms with Crippen LogP contribution < -0.4 is 0 Å². The van der Waals surface area contributed by atoms with Crippen LogP contribution in [0.5, 0.6) is 0 Å². The van der Waals surface area contributed by atoms with Crippen molar-refractivity contribution in [3.8, 4) is 0 Å². The maximum atomic E-state index is 4.89. The van der Waals surface area contributed by atoms with Crippen molar-refractivity contribution in [3.63, 3.8) is 0 Å². The van der Waals surface area contributed by atoms with E-state index in [1.807, 2.05) is 36.4 Å². The standard InChI is InChI=1S/C23H21NS2/c1-18-13-15-22(16-14-18)26-23(24-20-9-5-3-6-10-20)19(2)17-25-21-11-7-4-8-12-21/h3-17H,1-2H3. The minimum absolute atomic E-state index is 0.972. The summed E-state index contributed by atoms with van der Waals surface area (Å²) in [5, 5.41) is 3.20. The number of rotatable bonds is 5. The van der Waals surface area contributed by atoms with E-state index >= 15 is 0 Å². The summed E-state index contributed by atoms with van der Waals surface area (Å²) in [6.45, 7) is 4.23. The van der Waals surface area contributed by atoms with Crippen LogP contribution in [0.15, 0.2) is 111 Å². The lowest BCUT2D eigenvalue weighted by Gasteiger charge is -2.08. The highest BCUT2D eigenvalue weighted by molar-refractivity contribution is 8.14. The molecule has 26 heavy (non-hydrogen) atoms. The van der Waals surface area contributed by atoms with Crippen molar-refractivity contribution in [1.29, 1.82) is 0 Å². The molecule has 0 saturated carbocycles. The molecule has 130 valence electrons. The Bertz CT molecular complexity index is 883. The van der Waals surface area contributed by atoms with Crippen LogP contribution in [-0.2, 0) is 0 Å². The monoisotopic (exact) mass is 375 g/mol. The molecule has 3 rings (SSSR count). The first-order valence-electron chi connectivity index (χ1n) is 8.48. The Morgan fingerprint density at radius 2 is 1.38 bits per heavy atom. The van der Waals surface area contributed by atoms with E-state index in [1.165, 1.54) is 15.4 Å². The largest absolute Gasteiger partial charge is 0.241 e. The van der Waals surface area contributed by atoms with Gasteiger partial charge in [-0.1, -0.05) is 77.6 Å². The molecule has 0 radical (unpaired) electrons. The molecule has 0 aliphatic rings. The van der Waals surface area contributed by atoms with E-state index < -0.39 is 0 Å². The molecule has 0 aliphatic carbocycles. The molecule has 1 nitrogen and oxygen atoms in total. The second-order valence-corrected chi connectivity index (χ2v) is 7.90. The molecule has 3 aromatic carbocycles. The van der Waals surface area contributed by atoms with Crippen molar-refractivity contribution in [1.82, 2.24) is 0 Å². The van der Waals surface area contributed by atoms with E-state index in [1.54, 1.807) is 23.5 Å². The zero-order valence-electron chi connectivity index (χ0n) is 14.9. The first-order valence-corrected chi connectivity index (χ1v) is 10.2. The lowest BCUT2D eigenvalue weighted by Crippen LogP contribution is -1.94. The fraction of sp³-hybridized carbons (Fsp3) is 0.0870. The molecular weight excluding hydrogens is 354 g/mol. The Labute approximate surface area is 164 Å². The summed E-state index contributed by atoms with van der Waals surface area (Å²) in [4.78, 5) is 7.31. The second-order valence-electron chi connectivity index (χ2n) is 5.90. The van der Waals surface area contributed by atoms with E-state index in [0.717, 1.165) is 16.3 Å². The second kappa shape index (κ2) is 9.46. The van der Waals surface area contributed by atoms with Gasteiger partial charge in [-0.25, -0.2) is 4.99 Å². The Morgan fingerprint density at radius 1 is 0.769 bits per heavy atom. The molecule has 0 unspecified atom stereocenters. The van der Waals surface area contributed by atoms with Crippen LogP contribution in [0.25, 0.3) is 0 Å². The smallest absolute Gasteiger partial charge is 0.105 e. The molecule has 3 heteroatoms. The summed E-state index contributed by atoms with van der Waals surface area (Å²) < 4.78 is 0. The topological polar surface area (TPSA) is 12.4 Å². The highest BCUT2D eigenvalue weighted by Crippen LogP contribution is 2.29. The van der Waals surface area contributed by atoms with Crippen LogP contribution in [0.2, 0.25) is 0 Å². The molecule has 0 heterocycles. The van der Waals surface area contributed by atoms with Crippen molar-refractivity contribution in [2.24, 2.45) is 4.99 Å². The third-order valence-corrected chi connectivity index (χ3v) is 5.80. The number of aryl methyl sites for hydroxylation is 1. The van der Waals surface area contributed by atoms with Gasteiger partial charge in [0.1, 0.15) is 5.04 Å². The summed E-state index contributed by atoms with van der Waals surface area (Å²) in [6, 6.07) is 29.1. The third kappa shape index (κ3) is 5.65. The average molecular weight is 376 g/mol. The Kier molecular flexibility index (Phi) is 6.75. The van der Waals surface area contributed by atoms with Gasteiger partial charge in [0.2, 0.25) is 0 Å². The Hall–Kier alpha value is -2.23. The summed E-state index contributed by atoms with van der Waals surface area (Å²) in [5.41, 5.74) is 3.40. The van der Waals surface area contributed by atoms with Gasteiger partial charge in [-0.3, -0.25) is 0 Å². The third-order valence-electron chi connectivity index (χ3n) is 3.67. The molecular formula is C23H21NS2. The lowest BCUT2D eigenvalue weighted by atomic mass is 10.2. The lowest BCUT2D eigenvalue weighted by molar-refractivity contribution is 1.38. The number of aliphatic imine (C=N–C) groups is 1. The van der Waals surface area contributed by atoms with Crippen LogP contribution in [0, 0.1) is 6.92 Å². The molecule has 3 aromatic rings. The normalized spacial score (nSPS) is 12.2. The minimum Gasteiger partial charge on any atom is -0.241 e. The van der Waals surface area contributed by atoms with E-state index in [-0.39, 0.29) is 0 Å². The quantitative estimate of drug-likeness (QED) is 0.260. The number of thioether (sulfide) groups is 2. The van der Waals surface area contributed by atoms with Gasteiger partial charge in [0, 0.05) is 9.79 Å². The number of nitrogens with zero attached hydrogens (tertiary/aromatic N) is 1. The number of hydrogen-bond acceptors (Lipinski definition) is 3. The summed E-state index contributed by atoms with van der Waals surface area (Å²) in [5.74, 6) is 0. The van der Waals surface area contributed by atoms with Crippen LogP contribution >= 0.6 is 23.5 Å². The fourth-order valence-electron chi connectivity index (χ4n) is 2.24. The van der Waals surface area contributed by atoms with Crippen molar-refractivity contribution < 1.29 is 0 Å². The van der Waals surface area contributed by atoms with Gasteiger partial charge >= 0.3 is 0 Å². The van der Waals surface area contributed by atoms with E-state index in [0.29, 0.717) is 0 Å². The van der Waals surface area contributed by atoms with Gasteiger partial charge < -0.3 is 0 Å². The Morgan fingerprint density at radius 3 is 2.04 bits per heavy atom. The molecule has 0 atom stereocenters. The molecule has 0 aromatic heterocycles. The van der Waals surface area contributed by atoms with Crippen molar-refractivity contribution in [2.75, 3.05) is 0 Å². The van der Waals surface area contributed by atoms with Gasteiger partial charge in [-0.2, -0.15) is 0 Å². The molecule has 0 spiro atoms. The van der Waals surface area contributed by atoms with Gasteiger partial charge in [-0.15, -0.1) is 0 Å². The molecule has 0 bridgehead atoms. The first kappa shape index (κ1) is 18.6. The zero-order valence-corrected chi connectivity index (χ0v) is 16.6. The van der Waals surface area contributed by atoms with Crippen molar-refractivity contribution in [3.05, 3.63) is 101 Å². The van der Waals surface area contributed by atoms with E-state index in [9.17, 15) is 0 Å². The maximum absolute atomic E-state index is 4.89. The average Bonchev–Trinajstić information content (AvgIpc) is 2.69. The predicted molar refractivity (Wildman–Crippen MR) is 117 cm³/mol. The predicted octanol–water partition coefficient (Wildman–Crippen LogP) is 7.51. The summed E-state index contributed by atoms with van der Waals surface area (Å²) in [7, 11) is 0. The van der Waals surface area contributed by atoms with Crippen LogP contribution in [0.3, 0.4) is 0 Å². The van der Waals surface area contributed by atoms with Crippen LogP contribution in [0.4, 0.5) is 5.69 Å². The molecule has 0 saturated heterocycles. The Balaban J connectivity index is 1.86. The molecule has 0 fully saturated rings. The molecule has 0 aliphatic heterocycles. The minimum atomic E-state index is 0.972. The van der Waals surface area contributed by atoms with Gasteiger partial charge in [-0.05, 0) is 61.2 Å². The van der Waals surface area contributed by atoms with Gasteiger partial charge in [0.05, 0.1) is 5.69 Å². The maximum Gasteiger partial charge on any atom is 0.105 e. The van der Waals surface area contributed by atoms with Gasteiger partial charge in [0.15, 0.2) is 0 Å². The number of para-hydroxylation sites is 1. The van der Waals surface area contributed by atoms with Crippen LogP contribution in [-0.4, -0.2) is 5.04 Å². The molecule has 0 amide bonds. The zero-order chi connectivity index (χ0) is 18.2. The highest BCUT2D eigenvalue weighted by atomic mass is 32.2. The van der Waals surface area contributed by atoms with E-state index in [4.69, 9.17) is 4.99 Å². The highest BCUT2D eigenvalue weighted by Gasteiger charge is 2.07. The summed E-state index contributed by atoms with van der Waals surface area (Å²) in [6.07, 6.45) is 0. The first-order chi connectivity index (χ1) is 12.7. The fourth-order valence-corrected chi connectivity index (χ4v) is 3.91. The van der Waals surface area contributed by atoms with Crippen molar-refractivity contribution >= 4 is 34.3 Å². The number of benzene rings is 3. The number of hydrogen-bond donors (Lipinski definition) is 0. The summed E-state index contributed by atoms with van der Waals surface area (Å²) >= 11 is 3.43. The SMILES string of the molecule is CC(=CSc1ccccc1)C(=Nc1ccccc1)Sc1ccc(C)cc1.